The Kier molecular flexibility index (Phi) is 5.15. The third kappa shape index (κ3) is 3.64. The smallest absolute Gasteiger partial charge is 0.407 e. The molecule has 0 unspecified atom stereocenters. The van der Waals surface area contributed by atoms with E-state index in [1.54, 1.807) is 6.08 Å². The predicted octanol–water partition coefficient (Wildman–Crippen LogP) is 4.77. The number of amides is 1. The average molecular weight is 374 g/mol. The van der Waals surface area contributed by atoms with Crippen molar-refractivity contribution in [2.24, 2.45) is 0 Å². The highest BCUT2D eigenvalue weighted by atomic mass is 19.1. The Morgan fingerprint density at radius 2 is 1.71 bits per heavy atom. The van der Waals surface area contributed by atoms with E-state index in [2.05, 4.69) is 34.6 Å². The first-order chi connectivity index (χ1) is 13.7. The minimum absolute atomic E-state index is 0.0244. The van der Waals surface area contributed by atoms with Gasteiger partial charge >= 0.3 is 6.09 Å². The largest absolute Gasteiger partial charge is 0.449 e. The lowest BCUT2D eigenvalue weighted by atomic mass is 9.98. The van der Waals surface area contributed by atoms with Crippen LogP contribution in [0.5, 0.6) is 0 Å². The maximum atomic E-state index is 13.5. The van der Waals surface area contributed by atoms with E-state index < -0.39 is 11.9 Å². The van der Waals surface area contributed by atoms with Crippen LogP contribution in [0.25, 0.3) is 17.2 Å². The van der Waals surface area contributed by atoms with E-state index in [9.17, 15) is 9.18 Å². The standard InChI is InChI=1S/C23H19FN2O2/c24-21-11-5-13-25-22(21)12-6-14-26-23(27)28-15-20-18-9-3-1-7-16(18)17-8-2-4-10-19(17)20/h1-13,20H,14-15H2,(H,26,27). The summed E-state index contributed by atoms with van der Waals surface area (Å²) in [6.45, 7) is 0.491. The zero-order valence-electron chi connectivity index (χ0n) is 15.1. The maximum absolute atomic E-state index is 13.5. The van der Waals surface area contributed by atoms with E-state index in [1.165, 1.54) is 46.7 Å². The van der Waals surface area contributed by atoms with Crippen molar-refractivity contribution in [2.45, 2.75) is 5.92 Å². The number of carbonyl (C=O) groups excluding carboxylic acids is 1. The molecule has 0 bridgehead atoms. The van der Waals surface area contributed by atoms with Crippen LogP contribution in [0.1, 0.15) is 22.7 Å². The molecule has 0 aliphatic heterocycles. The highest BCUT2D eigenvalue weighted by molar-refractivity contribution is 5.79. The fraction of sp³-hybridized carbons (Fsp3) is 0.130. The molecule has 1 heterocycles. The molecule has 140 valence electrons. The zero-order valence-corrected chi connectivity index (χ0v) is 15.1. The van der Waals surface area contributed by atoms with Crippen LogP contribution in [0.4, 0.5) is 9.18 Å². The molecule has 1 aliphatic rings. The number of nitrogens with zero attached hydrogens (tertiary/aromatic N) is 1. The number of aromatic nitrogens is 1. The van der Waals surface area contributed by atoms with Crippen molar-refractivity contribution >= 4 is 12.2 Å². The van der Waals surface area contributed by atoms with Crippen LogP contribution in [0, 0.1) is 5.82 Å². The van der Waals surface area contributed by atoms with Crippen LogP contribution in [0.2, 0.25) is 0 Å². The normalized spacial score (nSPS) is 12.6. The zero-order chi connectivity index (χ0) is 19.3. The first-order valence-corrected chi connectivity index (χ1v) is 9.10. The van der Waals surface area contributed by atoms with Gasteiger partial charge in [0.05, 0.1) is 5.69 Å². The predicted molar refractivity (Wildman–Crippen MR) is 106 cm³/mol. The third-order valence-electron chi connectivity index (χ3n) is 4.77. The summed E-state index contributed by atoms with van der Waals surface area (Å²) in [7, 11) is 0. The number of ether oxygens (including phenoxy) is 1. The maximum Gasteiger partial charge on any atom is 0.407 e. The summed E-state index contributed by atoms with van der Waals surface area (Å²) in [6.07, 6.45) is 4.17. The molecule has 2 aromatic carbocycles. The Morgan fingerprint density at radius 3 is 2.39 bits per heavy atom. The van der Waals surface area contributed by atoms with Crippen molar-refractivity contribution in [2.75, 3.05) is 13.2 Å². The molecule has 0 spiro atoms. The molecular weight excluding hydrogens is 355 g/mol. The summed E-state index contributed by atoms with van der Waals surface area (Å²) in [6, 6.07) is 19.2. The molecule has 0 saturated heterocycles. The molecule has 0 saturated carbocycles. The number of hydrogen-bond donors (Lipinski definition) is 1. The van der Waals surface area contributed by atoms with E-state index in [1.807, 2.05) is 24.3 Å². The fourth-order valence-electron chi connectivity index (χ4n) is 3.48. The van der Waals surface area contributed by atoms with Gasteiger partial charge in [0.25, 0.3) is 0 Å². The summed E-state index contributed by atoms with van der Waals surface area (Å²) in [5.41, 5.74) is 4.95. The van der Waals surface area contributed by atoms with Crippen LogP contribution in [-0.4, -0.2) is 24.2 Å². The lowest BCUT2D eigenvalue weighted by molar-refractivity contribution is 0.144. The van der Waals surface area contributed by atoms with Gasteiger partial charge in [-0.15, -0.1) is 0 Å². The second kappa shape index (κ2) is 8.05. The molecule has 0 fully saturated rings. The summed E-state index contributed by atoms with van der Waals surface area (Å²) in [5, 5.41) is 2.65. The van der Waals surface area contributed by atoms with Gasteiger partial charge in [0.2, 0.25) is 0 Å². The van der Waals surface area contributed by atoms with Gasteiger partial charge in [0.15, 0.2) is 0 Å². The van der Waals surface area contributed by atoms with Crippen LogP contribution in [-0.2, 0) is 4.74 Å². The lowest BCUT2D eigenvalue weighted by Crippen LogP contribution is -2.26. The molecule has 1 aliphatic carbocycles. The summed E-state index contributed by atoms with van der Waals surface area (Å²) >= 11 is 0. The molecule has 5 heteroatoms. The van der Waals surface area contributed by atoms with Gasteiger partial charge in [0.1, 0.15) is 12.4 Å². The van der Waals surface area contributed by atoms with Crippen molar-refractivity contribution in [1.29, 1.82) is 0 Å². The van der Waals surface area contributed by atoms with Gasteiger partial charge < -0.3 is 10.1 Å². The molecule has 0 atom stereocenters. The van der Waals surface area contributed by atoms with E-state index in [0.29, 0.717) is 0 Å². The second-order valence-corrected chi connectivity index (χ2v) is 6.48. The molecule has 1 amide bonds. The number of alkyl carbamates (subject to hydrolysis) is 1. The molecule has 3 aromatic rings. The third-order valence-corrected chi connectivity index (χ3v) is 4.77. The Balaban J connectivity index is 1.35. The molecule has 4 nitrogen and oxygen atoms in total. The molecule has 0 radical (unpaired) electrons. The minimum Gasteiger partial charge on any atom is -0.449 e. The fourth-order valence-corrected chi connectivity index (χ4v) is 3.48. The molecule has 4 rings (SSSR count). The van der Waals surface area contributed by atoms with Gasteiger partial charge in [-0.1, -0.05) is 54.6 Å². The number of pyridine rings is 1. The van der Waals surface area contributed by atoms with E-state index in [4.69, 9.17) is 4.74 Å². The highest BCUT2D eigenvalue weighted by Gasteiger charge is 2.28. The molecule has 1 N–H and O–H groups in total. The average Bonchev–Trinajstić information content (AvgIpc) is 3.05. The van der Waals surface area contributed by atoms with Crippen molar-refractivity contribution in [3.63, 3.8) is 0 Å². The number of carbonyl (C=O) groups is 1. The van der Waals surface area contributed by atoms with Gasteiger partial charge in [-0.3, -0.25) is 4.98 Å². The SMILES string of the molecule is O=C(NCC=Cc1ncccc1F)OCC1c2ccccc2-c2ccccc21. The van der Waals surface area contributed by atoms with Crippen LogP contribution in [0.3, 0.4) is 0 Å². The number of rotatable bonds is 5. The molecule has 28 heavy (non-hydrogen) atoms. The Morgan fingerprint density at radius 1 is 1.04 bits per heavy atom. The first kappa shape index (κ1) is 17.9. The van der Waals surface area contributed by atoms with Crippen molar-refractivity contribution < 1.29 is 13.9 Å². The quantitative estimate of drug-likeness (QED) is 0.700. The van der Waals surface area contributed by atoms with Crippen LogP contribution >= 0.6 is 0 Å². The highest BCUT2D eigenvalue weighted by Crippen LogP contribution is 2.44. The second-order valence-electron chi connectivity index (χ2n) is 6.48. The summed E-state index contributed by atoms with van der Waals surface area (Å²) < 4.78 is 18.9. The molecular formula is C23H19FN2O2. The van der Waals surface area contributed by atoms with E-state index in [-0.39, 0.29) is 24.8 Å². The topological polar surface area (TPSA) is 51.2 Å². The summed E-state index contributed by atoms with van der Waals surface area (Å²) in [5.74, 6) is -0.379. The summed E-state index contributed by atoms with van der Waals surface area (Å²) in [4.78, 5) is 16.0. The minimum atomic E-state index is -0.506. The van der Waals surface area contributed by atoms with Crippen LogP contribution in [0.15, 0.2) is 72.9 Å². The first-order valence-electron chi connectivity index (χ1n) is 9.10. The van der Waals surface area contributed by atoms with Crippen LogP contribution < -0.4 is 5.32 Å². The van der Waals surface area contributed by atoms with Crippen molar-refractivity contribution in [3.8, 4) is 11.1 Å². The number of hydrogen-bond acceptors (Lipinski definition) is 3. The van der Waals surface area contributed by atoms with Crippen molar-refractivity contribution in [1.82, 2.24) is 10.3 Å². The number of halogens is 1. The molecule has 1 aromatic heterocycles. The van der Waals surface area contributed by atoms with E-state index >= 15 is 0 Å². The Hall–Kier alpha value is -3.47. The van der Waals surface area contributed by atoms with Crippen molar-refractivity contribution in [3.05, 3.63) is 95.6 Å². The Bertz CT molecular complexity index is 987. The van der Waals surface area contributed by atoms with Gasteiger partial charge in [-0.25, -0.2) is 9.18 Å². The monoisotopic (exact) mass is 374 g/mol. The number of nitrogens with one attached hydrogen (secondary N) is 1. The number of fused-ring (bicyclic) bond motifs is 3. The van der Waals surface area contributed by atoms with E-state index in [0.717, 1.165) is 0 Å². The Labute approximate surface area is 162 Å². The lowest BCUT2D eigenvalue weighted by Gasteiger charge is -2.14. The van der Waals surface area contributed by atoms with Gasteiger partial charge in [0, 0.05) is 18.7 Å². The van der Waals surface area contributed by atoms with Gasteiger partial charge in [-0.05, 0) is 40.5 Å². The van der Waals surface area contributed by atoms with Gasteiger partial charge in [-0.2, -0.15) is 0 Å². The number of benzene rings is 2.